The quantitative estimate of drug-likeness (QED) is 0.771. The van der Waals surface area contributed by atoms with E-state index in [1.165, 1.54) is 16.0 Å². The fourth-order valence-corrected chi connectivity index (χ4v) is 2.19. The number of rotatable bonds is 4. The highest BCUT2D eigenvalue weighted by Gasteiger charge is 2.01. The highest BCUT2D eigenvalue weighted by atomic mass is 32.2. The molecule has 0 aliphatic carbocycles. The van der Waals surface area contributed by atoms with Gasteiger partial charge in [0.25, 0.3) is 0 Å². The van der Waals surface area contributed by atoms with E-state index in [0.717, 1.165) is 12.2 Å². The first kappa shape index (κ1) is 11.6. The zero-order valence-corrected chi connectivity index (χ0v) is 10.0. The molecule has 0 saturated heterocycles. The first-order chi connectivity index (χ1) is 6.63. The fourth-order valence-electron chi connectivity index (χ4n) is 1.12. The van der Waals surface area contributed by atoms with Crippen LogP contribution in [0.3, 0.4) is 0 Å². The lowest BCUT2D eigenvalue weighted by molar-refractivity contribution is 0.725. The summed E-state index contributed by atoms with van der Waals surface area (Å²) in [6, 6.07) is 6.91. The van der Waals surface area contributed by atoms with Crippen LogP contribution in [0.25, 0.3) is 0 Å². The van der Waals surface area contributed by atoms with Gasteiger partial charge in [0.15, 0.2) is 0 Å². The third kappa shape index (κ3) is 3.35. The van der Waals surface area contributed by atoms with E-state index in [1.807, 2.05) is 11.8 Å². The predicted molar refractivity (Wildman–Crippen MR) is 64.9 cm³/mol. The maximum Gasteiger partial charge on any atom is 0.0132 e. The standard InChI is InChI=1S/C12H19NS/c1-4-11(13)8-14-12-6-5-9(2)10(3)7-12/h5-7,11H,4,8,13H2,1-3H3/t11-/m1/s1. The molecule has 0 aliphatic rings. The van der Waals surface area contributed by atoms with Crippen LogP contribution in [-0.2, 0) is 0 Å². The molecule has 0 heterocycles. The molecule has 0 aromatic heterocycles. The average molecular weight is 209 g/mol. The van der Waals surface area contributed by atoms with Crippen molar-refractivity contribution in [2.24, 2.45) is 5.73 Å². The molecule has 0 radical (unpaired) electrons. The van der Waals surface area contributed by atoms with Gasteiger partial charge in [0.2, 0.25) is 0 Å². The van der Waals surface area contributed by atoms with Gasteiger partial charge in [0, 0.05) is 16.7 Å². The smallest absolute Gasteiger partial charge is 0.0132 e. The van der Waals surface area contributed by atoms with Crippen LogP contribution in [0.4, 0.5) is 0 Å². The van der Waals surface area contributed by atoms with Crippen molar-refractivity contribution < 1.29 is 0 Å². The summed E-state index contributed by atoms with van der Waals surface area (Å²) in [5.74, 6) is 1.01. The number of nitrogens with two attached hydrogens (primary N) is 1. The van der Waals surface area contributed by atoms with Crippen LogP contribution in [0.15, 0.2) is 23.1 Å². The van der Waals surface area contributed by atoms with E-state index >= 15 is 0 Å². The van der Waals surface area contributed by atoms with Crippen molar-refractivity contribution in [1.82, 2.24) is 0 Å². The Kier molecular flexibility index (Phi) is 4.49. The number of benzene rings is 1. The molecule has 1 aromatic carbocycles. The Morgan fingerprint density at radius 2 is 2.00 bits per heavy atom. The van der Waals surface area contributed by atoms with Gasteiger partial charge in [-0.05, 0) is 43.5 Å². The molecule has 1 rings (SSSR count). The second-order valence-electron chi connectivity index (χ2n) is 3.73. The minimum atomic E-state index is 0.321. The molecule has 14 heavy (non-hydrogen) atoms. The van der Waals surface area contributed by atoms with E-state index in [-0.39, 0.29) is 0 Å². The molecular weight excluding hydrogens is 190 g/mol. The van der Waals surface area contributed by atoms with Crippen LogP contribution in [0.5, 0.6) is 0 Å². The van der Waals surface area contributed by atoms with Gasteiger partial charge >= 0.3 is 0 Å². The molecule has 2 heteroatoms. The van der Waals surface area contributed by atoms with Crippen molar-refractivity contribution in [2.75, 3.05) is 5.75 Å². The summed E-state index contributed by atoms with van der Waals surface area (Å²) in [5.41, 5.74) is 8.58. The summed E-state index contributed by atoms with van der Waals surface area (Å²) in [4.78, 5) is 1.33. The maximum atomic E-state index is 5.87. The summed E-state index contributed by atoms with van der Waals surface area (Å²) < 4.78 is 0. The van der Waals surface area contributed by atoms with E-state index < -0.39 is 0 Å². The fraction of sp³-hybridized carbons (Fsp3) is 0.500. The van der Waals surface area contributed by atoms with Crippen LogP contribution < -0.4 is 5.73 Å². The van der Waals surface area contributed by atoms with Crippen molar-refractivity contribution >= 4 is 11.8 Å². The van der Waals surface area contributed by atoms with E-state index in [4.69, 9.17) is 5.73 Å². The zero-order chi connectivity index (χ0) is 10.6. The zero-order valence-electron chi connectivity index (χ0n) is 9.21. The first-order valence-corrected chi connectivity index (χ1v) is 6.07. The van der Waals surface area contributed by atoms with Gasteiger partial charge in [-0.1, -0.05) is 13.0 Å². The second kappa shape index (κ2) is 5.42. The van der Waals surface area contributed by atoms with E-state index in [0.29, 0.717) is 6.04 Å². The summed E-state index contributed by atoms with van der Waals surface area (Å²) in [6.07, 6.45) is 1.05. The first-order valence-electron chi connectivity index (χ1n) is 5.09. The predicted octanol–water partition coefficient (Wildman–Crippen LogP) is 3.13. The Bertz CT molecular complexity index is 296. The second-order valence-corrected chi connectivity index (χ2v) is 4.82. The van der Waals surface area contributed by atoms with Crippen LogP contribution in [-0.4, -0.2) is 11.8 Å². The van der Waals surface area contributed by atoms with Gasteiger partial charge in [-0.3, -0.25) is 0 Å². The van der Waals surface area contributed by atoms with Crippen molar-refractivity contribution in [3.63, 3.8) is 0 Å². The van der Waals surface area contributed by atoms with Gasteiger partial charge in [0.05, 0.1) is 0 Å². The Morgan fingerprint density at radius 1 is 1.29 bits per heavy atom. The summed E-state index contributed by atoms with van der Waals surface area (Å²) >= 11 is 1.85. The number of thioether (sulfide) groups is 1. The van der Waals surface area contributed by atoms with Crippen molar-refractivity contribution in [3.8, 4) is 0 Å². The summed E-state index contributed by atoms with van der Waals surface area (Å²) in [5, 5.41) is 0. The molecule has 0 unspecified atom stereocenters. The van der Waals surface area contributed by atoms with Crippen LogP contribution in [0.1, 0.15) is 24.5 Å². The Balaban J connectivity index is 2.55. The minimum Gasteiger partial charge on any atom is -0.327 e. The lowest BCUT2D eigenvalue weighted by atomic mass is 10.1. The van der Waals surface area contributed by atoms with E-state index in [2.05, 4.69) is 39.0 Å². The molecule has 0 fully saturated rings. The van der Waals surface area contributed by atoms with Gasteiger partial charge < -0.3 is 5.73 Å². The van der Waals surface area contributed by atoms with Gasteiger partial charge in [-0.15, -0.1) is 11.8 Å². The molecule has 0 aliphatic heterocycles. The van der Waals surface area contributed by atoms with E-state index in [9.17, 15) is 0 Å². The Morgan fingerprint density at radius 3 is 2.57 bits per heavy atom. The topological polar surface area (TPSA) is 26.0 Å². The minimum absolute atomic E-state index is 0.321. The number of hydrogen-bond donors (Lipinski definition) is 1. The normalized spacial score (nSPS) is 12.9. The molecular formula is C12H19NS. The van der Waals surface area contributed by atoms with Crippen LogP contribution in [0, 0.1) is 13.8 Å². The van der Waals surface area contributed by atoms with Crippen molar-refractivity contribution in [3.05, 3.63) is 29.3 Å². The molecule has 78 valence electrons. The van der Waals surface area contributed by atoms with Crippen LogP contribution in [0.2, 0.25) is 0 Å². The Hall–Kier alpha value is -0.470. The lowest BCUT2D eigenvalue weighted by Gasteiger charge is -2.09. The average Bonchev–Trinajstić information content (AvgIpc) is 2.19. The molecule has 1 aromatic rings. The van der Waals surface area contributed by atoms with Gasteiger partial charge in [-0.25, -0.2) is 0 Å². The molecule has 1 nitrogen and oxygen atoms in total. The lowest BCUT2D eigenvalue weighted by Crippen LogP contribution is -2.21. The maximum absolute atomic E-state index is 5.87. The third-order valence-corrected chi connectivity index (χ3v) is 3.65. The number of aryl methyl sites for hydroxylation is 2. The van der Waals surface area contributed by atoms with Crippen molar-refractivity contribution in [1.29, 1.82) is 0 Å². The molecule has 2 N–H and O–H groups in total. The monoisotopic (exact) mass is 209 g/mol. The third-order valence-electron chi connectivity index (χ3n) is 2.47. The van der Waals surface area contributed by atoms with E-state index in [1.54, 1.807) is 0 Å². The molecule has 0 bridgehead atoms. The highest BCUT2D eigenvalue weighted by molar-refractivity contribution is 7.99. The molecule has 0 amide bonds. The largest absolute Gasteiger partial charge is 0.327 e. The molecule has 0 saturated carbocycles. The summed E-state index contributed by atoms with van der Waals surface area (Å²) in [6.45, 7) is 6.42. The molecule has 0 spiro atoms. The van der Waals surface area contributed by atoms with Crippen molar-refractivity contribution in [2.45, 2.75) is 38.1 Å². The highest BCUT2D eigenvalue weighted by Crippen LogP contribution is 2.21. The Labute approximate surface area is 91.1 Å². The van der Waals surface area contributed by atoms with Gasteiger partial charge in [-0.2, -0.15) is 0 Å². The SMILES string of the molecule is CC[C@@H](N)CSc1ccc(C)c(C)c1. The summed E-state index contributed by atoms with van der Waals surface area (Å²) in [7, 11) is 0. The van der Waals surface area contributed by atoms with Gasteiger partial charge in [0.1, 0.15) is 0 Å². The molecule has 1 atom stereocenters. The number of hydrogen-bond acceptors (Lipinski definition) is 2. The van der Waals surface area contributed by atoms with Crippen LogP contribution >= 0.6 is 11.8 Å².